The maximum atomic E-state index is 12.3. The third kappa shape index (κ3) is 3.18. The average molecular weight is 311 g/mol. The van der Waals surface area contributed by atoms with E-state index in [1.165, 1.54) is 0 Å². The van der Waals surface area contributed by atoms with Crippen LogP contribution in [0.3, 0.4) is 0 Å². The molecule has 23 heavy (non-hydrogen) atoms. The molecule has 0 fully saturated rings. The lowest BCUT2D eigenvalue weighted by molar-refractivity contribution is -0.146. The van der Waals surface area contributed by atoms with Gasteiger partial charge in [-0.05, 0) is 24.3 Å². The molecule has 1 aromatic carbocycles. The number of hydrogen-bond donors (Lipinski definition) is 1. The summed E-state index contributed by atoms with van der Waals surface area (Å²) in [7, 11) is 0. The minimum Gasteiger partial charge on any atom is -0.458 e. The molecule has 0 saturated carbocycles. The number of carbonyl (C=O) groups is 1. The zero-order chi connectivity index (χ0) is 16.2. The van der Waals surface area contributed by atoms with Crippen LogP contribution in [0.5, 0.6) is 0 Å². The first-order valence-electron chi connectivity index (χ1n) is 6.92. The normalized spacial score (nSPS) is 10.6. The van der Waals surface area contributed by atoms with Gasteiger partial charge in [0.15, 0.2) is 0 Å². The predicted octanol–water partition coefficient (Wildman–Crippen LogP) is 0.828. The van der Waals surface area contributed by atoms with Crippen molar-refractivity contribution in [2.45, 2.75) is 13.2 Å². The number of carbonyl (C=O) groups excluding carboxylic acids is 1. The topological polar surface area (TPSA) is 94.1 Å². The molecule has 1 N–H and O–H groups in total. The highest BCUT2D eigenvalue weighted by atomic mass is 16.5. The van der Waals surface area contributed by atoms with Gasteiger partial charge in [-0.1, -0.05) is 18.2 Å². The van der Waals surface area contributed by atoms with E-state index in [9.17, 15) is 14.4 Å². The summed E-state index contributed by atoms with van der Waals surface area (Å²) in [5, 5.41) is 2.93. The second kappa shape index (κ2) is 6.27. The number of nitrogens with one attached hydrogen (secondary N) is 1. The molecular formula is C16H13N3O4. The van der Waals surface area contributed by atoms with E-state index in [1.807, 2.05) is 0 Å². The van der Waals surface area contributed by atoms with Gasteiger partial charge in [0.25, 0.3) is 11.1 Å². The summed E-state index contributed by atoms with van der Waals surface area (Å²) in [5.74, 6) is -0.635. The molecule has 0 aliphatic rings. The summed E-state index contributed by atoms with van der Waals surface area (Å²) >= 11 is 0. The number of aromatic amines is 1. The number of pyridine rings is 1. The van der Waals surface area contributed by atoms with Gasteiger partial charge >= 0.3 is 5.97 Å². The Morgan fingerprint density at radius 3 is 2.57 bits per heavy atom. The monoisotopic (exact) mass is 311 g/mol. The third-order valence-corrected chi connectivity index (χ3v) is 3.28. The highest BCUT2D eigenvalue weighted by Crippen LogP contribution is 2.02. The number of rotatable bonds is 4. The fourth-order valence-electron chi connectivity index (χ4n) is 2.17. The highest BCUT2D eigenvalue weighted by Gasteiger charge is 2.11. The number of nitrogens with zero attached hydrogens (tertiary/aromatic N) is 2. The second-order valence-electron chi connectivity index (χ2n) is 4.86. The molecule has 2 heterocycles. The molecule has 0 bridgehead atoms. The van der Waals surface area contributed by atoms with Crippen molar-refractivity contribution in [1.82, 2.24) is 14.8 Å². The largest absolute Gasteiger partial charge is 0.458 e. The van der Waals surface area contributed by atoms with Crippen LogP contribution in [0.15, 0.2) is 58.3 Å². The maximum Gasteiger partial charge on any atom is 0.328 e. The van der Waals surface area contributed by atoms with Gasteiger partial charge in [-0.15, -0.1) is 0 Å². The maximum absolute atomic E-state index is 12.3. The van der Waals surface area contributed by atoms with Crippen LogP contribution in [-0.4, -0.2) is 20.7 Å². The first kappa shape index (κ1) is 14.7. The van der Waals surface area contributed by atoms with Crippen molar-refractivity contribution in [1.29, 1.82) is 0 Å². The highest BCUT2D eigenvalue weighted by molar-refractivity contribution is 5.80. The lowest BCUT2D eigenvalue weighted by Gasteiger charge is -2.07. The van der Waals surface area contributed by atoms with E-state index >= 15 is 0 Å². The van der Waals surface area contributed by atoms with Crippen LogP contribution >= 0.6 is 0 Å². The van der Waals surface area contributed by atoms with Gasteiger partial charge < -0.3 is 4.74 Å². The van der Waals surface area contributed by atoms with Crippen LogP contribution in [0, 0.1) is 0 Å². The lowest BCUT2D eigenvalue weighted by Crippen LogP contribution is -2.32. The Kier molecular flexibility index (Phi) is 4.01. The number of aromatic nitrogens is 3. The molecule has 0 unspecified atom stereocenters. The Bertz CT molecular complexity index is 960. The smallest absolute Gasteiger partial charge is 0.328 e. The molecule has 0 atom stereocenters. The van der Waals surface area contributed by atoms with Gasteiger partial charge in [-0.3, -0.25) is 24.5 Å². The summed E-state index contributed by atoms with van der Waals surface area (Å²) in [5.41, 5.74) is -0.284. The van der Waals surface area contributed by atoms with E-state index in [0.717, 1.165) is 4.68 Å². The fraction of sp³-hybridized carbons (Fsp3) is 0.125. The van der Waals surface area contributed by atoms with Crippen molar-refractivity contribution in [3.63, 3.8) is 0 Å². The van der Waals surface area contributed by atoms with Crippen molar-refractivity contribution in [2.75, 3.05) is 0 Å². The first-order valence-corrected chi connectivity index (χ1v) is 6.92. The number of ether oxygens (including phenoxy) is 1. The molecule has 3 aromatic rings. The summed E-state index contributed by atoms with van der Waals surface area (Å²) in [6, 6.07) is 11.7. The van der Waals surface area contributed by atoms with Crippen molar-refractivity contribution in [3.8, 4) is 0 Å². The zero-order valence-electron chi connectivity index (χ0n) is 12.1. The van der Waals surface area contributed by atoms with Gasteiger partial charge in [0.05, 0.1) is 16.5 Å². The summed E-state index contributed by atoms with van der Waals surface area (Å²) in [4.78, 5) is 40.1. The molecule has 116 valence electrons. The van der Waals surface area contributed by atoms with E-state index in [4.69, 9.17) is 4.74 Å². The molecule has 0 aliphatic heterocycles. The van der Waals surface area contributed by atoms with Crippen LogP contribution in [0.25, 0.3) is 10.8 Å². The van der Waals surface area contributed by atoms with E-state index in [-0.39, 0.29) is 23.9 Å². The van der Waals surface area contributed by atoms with Gasteiger partial charge in [0, 0.05) is 6.20 Å². The lowest BCUT2D eigenvalue weighted by atomic mass is 10.2. The van der Waals surface area contributed by atoms with Crippen LogP contribution in [-0.2, 0) is 22.7 Å². The summed E-state index contributed by atoms with van der Waals surface area (Å²) in [6.07, 6.45) is 1.59. The average Bonchev–Trinajstić information content (AvgIpc) is 2.59. The van der Waals surface area contributed by atoms with Crippen LogP contribution in [0.1, 0.15) is 5.69 Å². The molecule has 0 radical (unpaired) electrons. The SMILES string of the molecule is O=C(Cn1[nH]c(=O)c2ccccc2c1=O)OCc1ccccn1. The Morgan fingerprint density at radius 1 is 1.09 bits per heavy atom. The van der Waals surface area contributed by atoms with Gasteiger partial charge in [-0.2, -0.15) is 0 Å². The van der Waals surface area contributed by atoms with Crippen LogP contribution in [0.4, 0.5) is 0 Å². The Hall–Kier alpha value is -3.22. The molecule has 0 saturated heterocycles. The number of hydrogen-bond acceptors (Lipinski definition) is 5. The molecule has 0 spiro atoms. The van der Waals surface area contributed by atoms with Gasteiger partial charge in [0.1, 0.15) is 13.2 Å². The quantitative estimate of drug-likeness (QED) is 0.720. The van der Waals surface area contributed by atoms with Crippen LogP contribution < -0.4 is 11.1 Å². The van der Waals surface area contributed by atoms with E-state index < -0.39 is 17.1 Å². The van der Waals surface area contributed by atoms with Crippen molar-refractivity contribution < 1.29 is 9.53 Å². The minimum absolute atomic E-state index is 0.00619. The van der Waals surface area contributed by atoms with E-state index in [2.05, 4.69) is 10.1 Å². The van der Waals surface area contributed by atoms with Crippen molar-refractivity contribution in [3.05, 3.63) is 75.1 Å². The summed E-state index contributed by atoms with van der Waals surface area (Å²) < 4.78 is 6.01. The standard InChI is InChI=1S/C16H13N3O4/c20-14(23-10-11-5-3-4-8-17-11)9-19-16(22)13-7-2-1-6-12(13)15(21)18-19/h1-8H,9-10H2,(H,18,21). The molecule has 7 heteroatoms. The number of benzene rings is 1. The fourth-order valence-corrected chi connectivity index (χ4v) is 2.17. The third-order valence-electron chi connectivity index (χ3n) is 3.28. The van der Waals surface area contributed by atoms with Crippen molar-refractivity contribution in [2.24, 2.45) is 0 Å². The van der Waals surface area contributed by atoms with Crippen LogP contribution in [0.2, 0.25) is 0 Å². The molecule has 7 nitrogen and oxygen atoms in total. The predicted molar refractivity (Wildman–Crippen MR) is 82.9 cm³/mol. The zero-order valence-corrected chi connectivity index (χ0v) is 12.1. The van der Waals surface area contributed by atoms with Crippen molar-refractivity contribution >= 4 is 16.7 Å². The molecule has 0 amide bonds. The number of esters is 1. The van der Waals surface area contributed by atoms with E-state index in [1.54, 1.807) is 48.7 Å². The Labute approximate surface area is 130 Å². The van der Waals surface area contributed by atoms with Gasteiger partial charge in [0.2, 0.25) is 0 Å². The first-order chi connectivity index (χ1) is 11.1. The Balaban J connectivity index is 1.79. The second-order valence-corrected chi connectivity index (χ2v) is 4.86. The molecule has 2 aromatic heterocycles. The molecular weight excluding hydrogens is 298 g/mol. The molecule has 3 rings (SSSR count). The minimum atomic E-state index is -0.635. The summed E-state index contributed by atoms with van der Waals surface area (Å²) in [6.45, 7) is -0.363. The number of fused-ring (bicyclic) bond motifs is 1. The van der Waals surface area contributed by atoms with E-state index in [0.29, 0.717) is 5.69 Å². The number of H-pyrrole nitrogens is 1. The molecule has 0 aliphatic carbocycles. The Morgan fingerprint density at radius 2 is 1.83 bits per heavy atom. The van der Waals surface area contributed by atoms with Gasteiger partial charge in [-0.25, -0.2) is 4.68 Å².